The highest BCUT2D eigenvalue weighted by Gasteiger charge is 2.20. The molecular formula is C15H19N2O2+. The summed E-state index contributed by atoms with van der Waals surface area (Å²) in [4.78, 5) is 12.0. The zero-order valence-corrected chi connectivity index (χ0v) is 11.4. The molecule has 0 radical (unpaired) electrons. The van der Waals surface area contributed by atoms with Crippen molar-refractivity contribution in [3.8, 4) is 6.01 Å². The third-order valence-electron chi connectivity index (χ3n) is 2.96. The lowest BCUT2D eigenvalue weighted by Crippen LogP contribution is -2.31. The van der Waals surface area contributed by atoms with Crippen molar-refractivity contribution in [2.75, 3.05) is 0 Å². The van der Waals surface area contributed by atoms with Gasteiger partial charge in [-0.3, -0.25) is 0 Å². The molecule has 1 heterocycles. The number of rotatable bonds is 5. The van der Waals surface area contributed by atoms with Crippen LogP contribution >= 0.6 is 0 Å². The van der Waals surface area contributed by atoms with Gasteiger partial charge in [0.05, 0.1) is 19.2 Å². The number of hydrogen-bond acceptors (Lipinski definition) is 2. The number of esters is 1. The maximum atomic E-state index is 12.0. The second-order valence-electron chi connectivity index (χ2n) is 4.49. The van der Waals surface area contributed by atoms with Crippen molar-refractivity contribution in [2.24, 2.45) is 7.05 Å². The summed E-state index contributed by atoms with van der Waals surface area (Å²) < 4.78 is 9.27. The molecule has 0 aliphatic heterocycles. The maximum absolute atomic E-state index is 12.0. The molecule has 0 atom stereocenters. The monoisotopic (exact) mass is 259 g/mol. The van der Waals surface area contributed by atoms with Gasteiger partial charge in [0.15, 0.2) is 0 Å². The van der Waals surface area contributed by atoms with Gasteiger partial charge in [0.25, 0.3) is 0 Å². The predicted molar refractivity (Wildman–Crippen MR) is 71.9 cm³/mol. The number of aromatic nitrogens is 2. The van der Waals surface area contributed by atoms with Crippen LogP contribution in [0.15, 0.2) is 42.7 Å². The van der Waals surface area contributed by atoms with Gasteiger partial charge in [0, 0.05) is 0 Å². The molecular weight excluding hydrogens is 240 g/mol. The first kappa shape index (κ1) is 13.3. The third-order valence-corrected chi connectivity index (χ3v) is 2.96. The maximum Gasteiger partial charge on any atom is 0.463 e. The van der Waals surface area contributed by atoms with Crippen molar-refractivity contribution in [2.45, 2.75) is 26.3 Å². The number of ether oxygens (including phenoxy) is 1. The highest BCUT2D eigenvalue weighted by Crippen LogP contribution is 2.10. The van der Waals surface area contributed by atoms with Crippen LogP contribution in [0.25, 0.3) is 0 Å². The first-order valence-corrected chi connectivity index (χ1v) is 6.54. The van der Waals surface area contributed by atoms with Crippen LogP contribution in [0, 0.1) is 0 Å². The van der Waals surface area contributed by atoms with E-state index in [1.807, 2.05) is 46.8 Å². The molecule has 100 valence electrons. The second-order valence-corrected chi connectivity index (χ2v) is 4.49. The fourth-order valence-electron chi connectivity index (χ4n) is 1.86. The largest absolute Gasteiger partial charge is 0.463 e. The SMILES string of the molecule is CCCCn1cc[n+](C)c1OC(=O)c1ccccc1. The molecule has 0 N–H and O–H groups in total. The number of carbonyl (C=O) groups is 1. The molecule has 0 aliphatic rings. The average Bonchev–Trinajstić information content (AvgIpc) is 2.78. The lowest BCUT2D eigenvalue weighted by molar-refractivity contribution is -0.675. The molecule has 1 aromatic heterocycles. The standard InChI is InChI=1S/C15H19N2O2/c1-3-4-10-17-12-11-16(2)15(17)19-14(18)13-8-6-5-7-9-13/h5-9,11-12H,3-4,10H2,1-2H3/q+1. The fraction of sp³-hybridized carbons (Fsp3) is 0.333. The molecule has 0 fully saturated rings. The molecule has 0 saturated carbocycles. The van der Waals surface area contributed by atoms with Crippen molar-refractivity contribution in [1.82, 2.24) is 4.57 Å². The zero-order chi connectivity index (χ0) is 13.7. The Labute approximate surface area is 113 Å². The quantitative estimate of drug-likeness (QED) is 0.610. The molecule has 0 unspecified atom stereocenters. The van der Waals surface area contributed by atoms with Gasteiger partial charge in [0.2, 0.25) is 0 Å². The van der Waals surface area contributed by atoms with Gasteiger partial charge in [-0.15, -0.1) is 0 Å². The summed E-state index contributed by atoms with van der Waals surface area (Å²) in [5.74, 6) is -0.326. The summed E-state index contributed by atoms with van der Waals surface area (Å²) in [5.41, 5.74) is 0.561. The molecule has 4 nitrogen and oxygen atoms in total. The number of unbranched alkanes of at least 4 members (excludes halogenated alkanes) is 1. The average molecular weight is 259 g/mol. The summed E-state index contributed by atoms with van der Waals surface area (Å²) in [6, 6.07) is 9.60. The van der Waals surface area contributed by atoms with Crippen LogP contribution in [0.1, 0.15) is 30.1 Å². The van der Waals surface area contributed by atoms with E-state index >= 15 is 0 Å². The Morgan fingerprint density at radius 1 is 1.32 bits per heavy atom. The van der Waals surface area contributed by atoms with Crippen molar-refractivity contribution in [3.05, 3.63) is 48.3 Å². The predicted octanol–water partition coefficient (Wildman–Crippen LogP) is 2.33. The van der Waals surface area contributed by atoms with Crippen LogP contribution < -0.4 is 9.30 Å². The Hall–Kier alpha value is -2.10. The second kappa shape index (κ2) is 6.18. The molecule has 0 spiro atoms. The molecule has 2 aromatic rings. The zero-order valence-electron chi connectivity index (χ0n) is 11.4. The summed E-state index contributed by atoms with van der Waals surface area (Å²) in [6.07, 6.45) is 5.99. The van der Waals surface area contributed by atoms with E-state index in [1.165, 1.54) is 0 Å². The van der Waals surface area contributed by atoms with Crippen molar-refractivity contribution >= 4 is 5.97 Å². The summed E-state index contributed by atoms with van der Waals surface area (Å²) in [7, 11) is 1.87. The Bertz CT molecular complexity index is 547. The minimum Gasteiger partial charge on any atom is -0.353 e. The first-order valence-electron chi connectivity index (χ1n) is 6.54. The lowest BCUT2D eigenvalue weighted by Gasteiger charge is -2.03. The van der Waals surface area contributed by atoms with E-state index in [2.05, 4.69) is 6.92 Å². The summed E-state index contributed by atoms with van der Waals surface area (Å²) in [5, 5.41) is 0. The number of nitrogens with zero attached hydrogens (tertiary/aromatic N) is 2. The van der Waals surface area contributed by atoms with E-state index in [9.17, 15) is 4.79 Å². The molecule has 4 heteroatoms. The fourth-order valence-corrected chi connectivity index (χ4v) is 1.86. The van der Waals surface area contributed by atoms with E-state index in [4.69, 9.17) is 4.74 Å². The van der Waals surface area contributed by atoms with Crippen molar-refractivity contribution in [1.29, 1.82) is 0 Å². The van der Waals surface area contributed by atoms with Gasteiger partial charge >= 0.3 is 12.0 Å². The summed E-state index contributed by atoms with van der Waals surface area (Å²) in [6.45, 7) is 2.99. The smallest absolute Gasteiger partial charge is 0.353 e. The number of benzene rings is 1. The topological polar surface area (TPSA) is 35.1 Å². The van der Waals surface area contributed by atoms with E-state index in [0.29, 0.717) is 11.6 Å². The van der Waals surface area contributed by atoms with Crippen molar-refractivity contribution in [3.63, 3.8) is 0 Å². The van der Waals surface area contributed by atoms with Crippen LogP contribution in [-0.4, -0.2) is 10.5 Å². The Kier molecular flexibility index (Phi) is 4.34. The number of imidazole rings is 1. The Balaban J connectivity index is 2.14. The molecule has 2 rings (SSSR count). The van der Waals surface area contributed by atoms with Crippen LogP contribution in [0.3, 0.4) is 0 Å². The van der Waals surface area contributed by atoms with Crippen LogP contribution in [0.4, 0.5) is 0 Å². The number of carbonyl (C=O) groups excluding carboxylic acids is 1. The highest BCUT2D eigenvalue weighted by molar-refractivity contribution is 5.90. The van der Waals surface area contributed by atoms with Crippen LogP contribution in [0.2, 0.25) is 0 Å². The van der Waals surface area contributed by atoms with Gasteiger partial charge < -0.3 is 4.74 Å². The van der Waals surface area contributed by atoms with E-state index in [0.717, 1.165) is 19.4 Å². The molecule has 0 saturated heterocycles. The van der Waals surface area contributed by atoms with Gasteiger partial charge in [-0.2, -0.15) is 9.13 Å². The third kappa shape index (κ3) is 3.22. The van der Waals surface area contributed by atoms with E-state index < -0.39 is 0 Å². The minimum atomic E-state index is -0.326. The Morgan fingerprint density at radius 2 is 2.05 bits per heavy atom. The molecule has 1 aromatic carbocycles. The lowest BCUT2D eigenvalue weighted by atomic mass is 10.2. The van der Waals surface area contributed by atoms with Gasteiger partial charge in [-0.25, -0.2) is 4.79 Å². The summed E-state index contributed by atoms with van der Waals surface area (Å²) >= 11 is 0. The minimum absolute atomic E-state index is 0.326. The van der Waals surface area contributed by atoms with Gasteiger partial charge in [-0.05, 0) is 18.6 Å². The normalized spacial score (nSPS) is 10.4. The van der Waals surface area contributed by atoms with Gasteiger partial charge in [0.1, 0.15) is 12.4 Å². The van der Waals surface area contributed by atoms with E-state index in [-0.39, 0.29) is 5.97 Å². The molecule has 0 bridgehead atoms. The van der Waals surface area contributed by atoms with E-state index in [1.54, 1.807) is 12.1 Å². The first-order chi connectivity index (χ1) is 9.22. The van der Waals surface area contributed by atoms with Crippen LogP contribution in [-0.2, 0) is 13.6 Å². The number of hydrogen-bond donors (Lipinski definition) is 0. The van der Waals surface area contributed by atoms with Crippen LogP contribution in [0.5, 0.6) is 6.01 Å². The highest BCUT2D eigenvalue weighted by atomic mass is 16.6. The van der Waals surface area contributed by atoms with Crippen molar-refractivity contribution < 1.29 is 14.1 Å². The molecule has 0 aliphatic carbocycles. The number of aryl methyl sites for hydroxylation is 2. The van der Waals surface area contributed by atoms with Gasteiger partial charge in [-0.1, -0.05) is 31.5 Å². The Morgan fingerprint density at radius 3 is 2.74 bits per heavy atom. The molecule has 0 amide bonds. The molecule has 19 heavy (non-hydrogen) atoms.